The lowest BCUT2D eigenvalue weighted by Crippen LogP contribution is -2.56. The Kier molecular flexibility index (Phi) is 5.58. The lowest BCUT2D eigenvalue weighted by atomic mass is 9.72. The fourth-order valence-electron chi connectivity index (χ4n) is 5.41. The van der Waals surface area contributed by atoms with Crippen molar-refractivity contribution >= 4 is 17.5 Å². The number of esters is 1. The maximum atomic E-state index is 13.4. The number of alkyl halides is 2. The van der Waals surface area contributed by atoms with E-state index in [9.17, 15) is 18.4 Å². The summed E-state index contributed by atoms with van der Waals surface area (Å²) in [4.78, 5) is 30.1. The van der Waals surface area contributed by atoms with Gasteiger partial charge >= 0.3 is 5.97 Å². The number of nitrogens with zero attached hydrogens (tertiary/aromatic N) is 3. The number of piperidine rings is 1. The van der Waals surface area contributed by atoms with Gasteiger partial charge in [-0.15, -0.1) is 0 Å². The van der Waals surface area contributed by atoms with E-state index in [2.05, 4.69) is 15.4 Å². The van der Waals surface area contributed by atoms with Crippen LogP contribution in [0.3, 0.4) is 0 Å². The molecule has 0 aromatic carbocycles. The van der Waals surface area contributed by atoms with Gasteiger partial charge < -0.3 is 15.8 Å². The molecule has 3 heterocycles. The summed E-state index contributed by atoms with van der Waals surface area (Å²) in [6, 6.07) is 3.26. The molecule has 2 aromatic rings. The van der Waals surface area contributed by atoms with Gasteiger partial charge in [0, 0.05) is 18.9 Å². The number of nitrogens with one attached hydrogen (secondary N) is 1. The molecule has 2 aliphatic carbocycles. The van der Waals surface area contributed by atoms with E-state index in [0.717, 1.165) is 12.8 Å². The molecule has 3 aliphatic rings. The molecule has 3 N–H and O–H groups in total. The SMILES string of the molecule is COC(=O)C1(Cc2ccc3nc([C@@H](N)C(C4CC4)C4CC4)cn3n2)CC(C(F)F)CNC1=O. The van der Waals surface area contributed by atoms with Crippen molar-refractivity contribution in [3.05, 3.63) is 29.7 Å². The van der Waals surface area contributed by atoms with Gasteiger partial charge in [-0.2, -0.15) is 5.10 Å². The van der Waals surface area contributed by atoms with E-state index in [-0.39, 0.29) is 25.4 Å². The van der Waals surface area contributed by atoms with Crippen LogP contribution in [0.2, 0.25) is 0 Å². The number of carbonyl (C=O) groups is 2. The van der Waals surface area contributed by atoms with Crippen molar-refractivity contribution < 1.29 is 23.1 Å². The van der Waals surface area contributed by atoms with Crippen LogP contribution in [0.15, 0.2) is 18.3 Å². The second-order valence-electron chi connectivity index (χ2n) is 9.83. The second kappa shape index (κ2) is 8.30. The van der Waals surface area contributed by atoms with Crippen molar-refractivity contribution in [3.8, 4) is 0 Å². The fourth-order valence-corrected chi connectivity index (χ4v) is 5.41. The summed E-state index contributed by atoms with van der Waals surface area (Å²) in [7, 11) is 1.15. The Hall–Kier alpha value is -2.62. The van der Waals surface area contributed by atoms with Gasteiger partial charge in [0.2, 0.25) is 12.3 Å². The van der Waals surface area contributed by atoms with Gasteiger partial charge in [0.05, 0.1) is 30.7 Å². The Bertz CT molecular complexity index is 1050. The van der Waals surface area contributed by atoms with Crippen LogP contribution >= 0.6 is 0 Å². The summed E-state index contributed by atoms with van der Waals surface area (Å²) in [5, 5.41) is 7.00. The Morgan fingerprint density at radius 2 is 1.97 bits per heavy atom. The molecule has 0 spiro atoms. The van der Waals surface area contributed by atoms with Crippen LogP contribution in [0.1, 0.15) is 49.5 Å². The topological polar surface area (TPSA) is 112 Å². The fraction of sp³-hybridized carbons (Fsp3) is 0.652. The number of halogens is 2. The summed E-state index contributed by atoms with van der Waals surface area (Å²) in [5.41, 5.74) is 6.67. The Labute approximate surface area is 190 Å². The quantitative estimate of drug-likeness (QED) is 0.461. The van der Waals surface area contributed by atoms with Crippen molar-refractivity contribution in [1.29, 1.82) is 0 Å². The summed E-state index contributed by atoms with van der Waals surface area (Å²) in [5.74, 6) is -0.795. The third-order valence-corrected chi connectivity index (χ3v) is 7.47. The third kappa shape index (κ3) is 4.09. The number of amides is 1. The predicted octanol–water partition coefficient (Wildman–Crippen LogP) is 2.27. The van der Waals surface area contributed by atoms with Crippen molar-refractivity contribution in [1.82, 2.24) is 19.9 Å². The van der Waals surface area contributed by atoms with E-state index >= 15 is 0 Å². The molecule has 2 saturated carbocycles. The standard InChI is InChI=1S/C23H29F2N5O3/c1-33-22(32)23(8-14(20(24)25)10-27-21(23)31)9-15-6-7-17-28-16(11-30(17)29-15)19(26)18(12-2-3-12)13-4-5-13/h6-7,11-14,18-20H,2-5,8-10,26H2,1H3,(H,27,31)/t14?,19-,23?/m1/s1. The zero-order valence-corrected chi connectivity index (χ0v) is 18.5. The van der Waals surface area contributed by atoms with Gasteiger partial charge in [0.25, 0.3) is 0 Å². The zero-order chi connectivity index (χ0) is 23.3. The van der Waals surface area contributed by atoms with Gasteiger partial charge in [-0.3, -0.25) is 9.59 Å². The molecular formula is C23H29F2N5O3. The third-order valence-electron chi connectivity index (χ3n) is 7.47. The van der Waals surface area contributed by atoms with Crippen LogP contribution in [-0.4, -0.2) is 46.6 Å². The molecule has 3 atom stereocenters. The molecule has 5 rings (SSSR count). The average Bonchev–Trinajstić information content (AvgIpc) is 3.74. The number of rotatable bonds is 8. The van der Waals surface area contributed by atoms with Crippen molar-refractivity contribution in [2.24, 2.45) is 34.8 Å². The molecular weight excluding hydrogens is 432 g/mol. The maximum absolute atomic E-state index is 13.4. The highest BCUT2D eigenvalue weighted by Crippen LogP contribution is 2.53. The van der Waals surface area contributed by atoms with Crippen molar-refractivity contribution in [3.63, 3.8) is 0 Å². The molecule has 1 saturated heterocycles. The minimum absolute atomic E-state index is 0.142. The van der Waals surface area contributed by atoms with Crippen LogP contribution in [0.25, 0.3) is 5.65 Å². The molecule has 2 unspecified atom stereocenters. The summed E-state index contributed by atoms with van der Waals surface area (Å²) in [6.07, 6.45) is 3.60. The van der Waals surface area contributed by atoms with Gasteiger partial charge in [0.1, 0.15) is 0 Å². The lowest BCUT2D eigenvalue weighted by molar-refractivity contribution is -0.164. The van der Waals surface area contributed by atoms with E-state index < -0.39 is 29.6 Å². The number of hydrogen-bond acceptors (Lipinski definition) is 6. The summed E-state index contributed by atoms with van der Waals surface area (Å²) in [6.45, 7) is -0.173. The highest BCUT2D eigenvalue weighted by molar-refractivity contribution is 6.03. The number of ether oxygens (including phenoxy) is 1. The molecule has 8 nitrogen and oxygen atoms in total. The Balaban J connectivity index is 1.42. The first-order chi connectivity index (χ1) is 15.8. The number of aromatic nitrogens is 3. The van der Waals surface area contributed by atoms with E-state index in [1.54, 1.807) is 22.8 Å². The van der Waals surface area contributed by atoms with E-state index in [4.69, 9.17) is 10.5 Å². The highest BCUT2D eigenvalue weighted by Gasteiger charge is 2.53. The smallest absolute Gasteiger partial charge is 0.321 e. The summed E-state index contributed by atoms with van der Waals surface area (Å²) >= 11 is 0. The average molecular weight is 462 g/mol. The molecule has 33 heavy (non-hydrogen) atoms. The number of methoxy groups -OCH3 is 1. The molecule has 1 amide bonds. The van der Waals surface area contributed by atoms with Crippen molar-refractivity contribution in [2.75, 3.05) is 13.7 Å². The van der Waals surface area contributed by atoms with Crippen LogP contribution in [-0.2, 0) is 20.7 Å². The van der Waals surface area contributed by atoms with Gasteiger partial charge in [0.15, 0.2) is 11.1 Å². The van der Waals surface area contributed by atoms with Gasteiger partial charge in [-0.1, -0.05) is 0 Å². The number of nitrogens with two attached hydrogens (primary N) is 1. The van der Waals surface area contributed by atoms with E-state index in [0.29, 0.717) is 29.1 Å². The molecule has 2 aromatic heterocycles. The molecule has 178 valence electrons. The maximum Gasteiger partial charge on any atom is 0.321 e. The number of carbonyl (C=O) groups excluding carboxylic acids is 2. The summed E-state index contributed by atoms with van der Waals surface area (Å²) < 4.78 is 33.3. The predicted molar refractivity (Wildman–Crippen MR) is 114 cm³/mol. The van der Waals surface area contributed by atoms with E-state index in [1.807, 2.05) is 0 Å². The Morgan fingerprint density at radius 3 is 2.58 bits per heavy atom. The number of imidazole rings is 1. The monoisotopic (exact) mass is 461 g/mol. The van der Waals surface area contributed by atoms with Crippen LogP contribution < -0.4 is 11.1 Å². The normalized spacial score (nSPS) is 26.6. The molecule has 0 bridgehead atoms. The minimum atomic E-state index is -2.66. The largest absolute Gasteiger partial charge is 0.468 e. The van der Waals surface area contributed by atoms with Crippen molar-refractivity contribution in [2.45, 2.75) is 51.0 Å². The number of hydrogen-bond donors (Lipinski definition) is 2. The first kappa shape index (κ1) is 22.2. The molecule has 0 radical (unpaired) electrons. The lowest BCUT2D eigenvalue weighted by Gasteiger charge is -2.37. The second-order valence-corrected chi connectivity index (χ2v) is 9.83. The van der Waals surface area contributed by atoms with E-state index in [1.165, 1.54) is 25.7 Å². The Morgan fingerprint density at radius 1 is 1.27 bits per heavy atom. The zero-order valence-electron chi connectivity index (χ0n) is 18.5. The van der Waals surface area contributed by atoms with Crippen LogP contribution in [0, 0.1) is 29.1 Å². The van der Waals surface area contributed by atoms with Crippen LogP contribution in [0.4, 0.5) is 8.78 Å². The first-order valence-electron chi connectivity index (χ1n) is 11.6. The van der Waals surface area contributed by atoms with Gasteiger partial charge in [-0.25, -0.2) is 18.3 Å². The molecule has 1 aliphatic heterocycles. The number of fused-ring (bicyclic) bond motifs is 1. The molecule has 3 fully saturated rings. The highest BCUT2D eigenvalue weighted by atomic mass is 19.3. The van der Waals surface area contributed by atoms with Gasteiger partial charge in [-0.05, 0) is 62.0 Å². The first-order valence-corrected chi connectivity index (χ1v) is 11.6. The minimum Gasteiger partial charge on any atom is -0.468 e. The van der Waals surface area contributed by atoms with Crippen LogP contribution in [0.5, 0.6) is 0 Å². The molecule has 10 heteroatoms.